The second-order valence-electron chi connectivity index (χ2n) is 5.55. The van der Waals surface area contributed by atoms with Crippen LogP contribution in [0.15, 0.2) is 48.7 Å². The summed E-state index contributed by atoms with van der Waals surface area (Å²) in [5, 5.41) is 20.4. The number of nitriles is 1. The third kappa shape index (κ3) is 2.99. The number of pyridine rings is 1. The molecule has 2 heterocycles. The topological polar surface area (TPSA) is 83.1 Å². The highest BCUT2D eigenvalue weighted by atomic mass is 16.6. The molecule has 0 aliphatic carbocycles. The number of nitro groups is 1. The third-order valence-corrected chi connectivity index (χ3v) is 4.22. The summed E-state index contributed by atoms with van der Waals surface area (Å²) >= 11 is 0. The summed E-state index contributed by atoms with van der Waals surface area (Å²) in [5.74, 6) is 0.449. The van der Waals surface area contributed by atoms with Gasteiger partial charge in [0.1, 0.15) is 12.0 Å². The van der Waals surface area contributed by atoms with E-state index in [0.717, 1.165) is 24.9 Å². The van der Waals surface area contributed by atoms with Gasteiger partial charge in [-0.25, -0.2) is 4.98 Å². The van der Waals surface area contributed by atoms with E-state index in [9.17, 15) is 15.4 Å². The molecule has 1 aromatic carbocycles. The number of rotatable bonds is 4. The van der Waals surface area contributed by atoms with Crippen molar-refractivity contribution >= 4 is 11.5 Å². The maximum absolute atomic E-state index is 10.7. The molecule has 0 N–H and O–H groups in total. The predicted molar refractivity (Wildman–Crippen MR) is 86.1 cm³/mol. The van der Waals surface area contributed by atoms with E-state index < -0.39 is 4.92 Å². The van der Waals surface area contributed by atoms with Crippen molar-refractivity contribution in [2.45, 2.75) is 24.8 Å². The monoisotopic (exact) mass is 308 g/mol. The van der Waals surface area contributed by atoms with Gasteiger partial charge >= 0.3 is 0 Å². The third-order valence-electron chi connectivity index (χ3n) is 4.22. The number of aromatic nitrogens is 1. The van der Waals surface area contributed by atoms with Crippen molar-refractivity contribution in [2.24, 2.45) is 0 Å². The van der Waals surface area contributed by atoms with Crippen LogP contribution in [0.2, 0.25) is 0 Å². The highest BCUT2D eigenvalue weighted by Gasteiger charge is 2.33. The fourth-order valence-electron chi connectivity index (χ4n) is 3.12. The van der Waals surface area contributed by atoms with Crippen molar-refractivity contribution in [1.82, 2.24) is 4.98 Å². The Balaban J connectivity index is 1.87. The SMILES string of the molecule is N#CC(c1ccccc1)C1CCCN1c1ccc([N+](=O)[O-])cn1. The van der Waals surface area contributed by atoms with E-state index >= 15 is 0 Å². The van der Waals surface area contributed by atoms with Crippen molar-refractivity contribution in [3.8, 4) is 6.07 Å². The summed E-state index contributed by atoms with van der Waals surface area (Å²) in [5.41, 5.74) is 0.971. The molecule has 23 heavy (non-hydrogen) atoms. The second kappa shape index (κ2) is 6.44. The molecule has 6 nitrogen and oxygen atoms in total. The van der Waals surface area contributed by atoms with Crippen molar-refractivity contribution in [1.29, 1.82) is 5.26 Å². The summed E-state index contributed by atoms with van der Waals surface area (Å²) < 4.78 is 0. The molecule has 2 atom stereocenters. The van der Waals surface area contributed by atoms with Crippen LogP contribution in [0.5, 0.6) is 0 Å². The Labute approximate surface area is 134 Å². The number of nitrogens with zero attached hydrogens (tertiary/aromatic N) is 4. The smallest absolute Gasteiger partial charge is 0.287 e. The summed E-state index contributed by atoms with van der Waals surface area (Å²) in [6.07, 6.45) is 3.16. The maximum atomic E-state index is 10.7. The van der Waals surface area contributed by atoms with Crippen LogP contribution in [0.1, 0.15) is 24.3 Å². The molecular weight excluding hydrogens is 292 g/mol. The average Bonchev–Trinajstić information content (AvgIpc) is 3.06. The van der Waals surface area contributed by atoms with Crippen LogP contribution < -0.4 is 4.90 Å². The Kier molecular flexibility index (Phi) is 4.20. The number of anilines is 1. The van der Waals surface area contributed by atoms with Gasteiger partial charge in [-0.3, -0.25) is 10.1 Å². The molecule has 2 aromatic rings. The van der Waals surface area contributed by atoms with E-state index in [-0.39, 0.29) is 17.6 Å². The Hall–Kier alpha value is -2.94. The molecule has 2 unspecified atom stereocenters. The molecule has 1 aliphatic heterocycles. The van der Waals surface area contributed by atoms with E-state index in [4.69, 9.17) is 0 Å². The average molecular weight is 308 g/mol. The van der Waals surface area contributed by atoms with Crippen LogP contribution in [-0.2, 0) is 0 Å². The molecule has 0 spiro atoms. The normalized spacial score (nSPS) is 18.4. The van der Waals surface area contributed by atoms with Crippen LogP contribution in [0.4, 0.5) is 11.5 Å². The summed E-state index contributed by atoms with van der Waals surface area (Å²) in [4.78, 5) is 16.6. The first-order chi connectivity index (χ1) is 11.2. The fraction of sp³-hybridized carbons (Fsp3) is 0.294. The Morgan fingerprint density at radius 1 is 1.30 bits per heavy atom. The van der Waals surface area contributed by atoms with E-state index in [2.05, 4.69) is 16.0 Å². The molecule has 116 valence electrons. The summed E-state index contributed by atoms with van der Waals surface area (Å²) in [6.45, 7) is 0.806. The Bertz CT molecular complexity index is 725. The number of benzene rings is 1. The summed E-state index contributed by atoms with van der Waals surface area (Å²) in [6, 6.07) is 15.3. The van der Waals surface area contributed by atoms with Crippen LogP contribution in [0.25, 0.3) is 0 Å². The van der Waals surface area contributed by atoms with Gasteiger partial charge in [0.25, 0.3) is 5.69 Å². The van der Waals surface area contributed by atoms with E-state index in [1.807, 2.05) is 30.3 Å². The predicted octanol–water partition coefficient (Wildman–Crippen LogP) is 3.27. The number of hydrogen-bond acceptors (Lipinski definition) is 5. The van der Waals surface area contributed by atoms with Gasteiger partial charge in [0.05, 0.1) is 23.0 Å². The zero-order chi connectivity index (χ0) is 16.2. The molecule has 1 aromatic heterocycles. The first-order valence-corrected chi connectivity index (χ1v) is 7.52. The minimum Gasteiger partial charge on any atom is -0.352 e. The lowest BCUT2D eigenvalue weighted by Gasteiger charge is -2.29. The molecular formula is C17H16N4O2. The quantitative estimate of drug-likeness (QED) is 0.639. The first kappa shape index (κ1) is 15.0. The van der Waals surface area contributed by atoms with Gasteiger partial charge in [0.15, 0.2) is 0 Å². The van der Waals surface area contributed by atoms with Gasteiger partial charge in [-0.15, -0.1) is 0 Å². The zero-order valence-electron chi connectivity index (χ0n) is 12.5. The van der Waals surface area contributed by atoms with Crippen molar-refractivity contribution in [3.05, 3.63) is 64.3 Å². The van der Waals surface area contributed by atoms with Crippen molar-refractivity contribution in [3.63, 3.8) is 0 Å². The highest BCUT2D eigenvalue weighted by molar-refractivity contribution is 5.47. The fourth-order valence-corrected chi connectivity index (χ4v) is 3.12. The van der Waals surface area contributed by atoms with E-state index in [0.29, 0.717) is 5.82 Å². The molecule has 1 aliphatic rings. The minimum atomic E-state index is -0.458. The standard InChI is InChI=1S/C17H16N4O2/c18-11-15(13-5-2-1-3-6-13)16-7-4-10-20(16)17-9-8-14(12-19-17)21(22)23/h1-3,5-6,8-9,12,15-16H,4,7,10H2. The molecule has 6 heteroatoms. The molecule has 1 saturated heterocycles. The van der Waals surface area contributed by atoms with Crippen LogP contribution in [0, 0.1) is 21.4 Å². The zero-order valence-corrected chi connectivity index (χ0v) is 12.5. The van der Waals surface area contributed by atoms with Crippen molar-refractivity contribution in [2.75, 3.05) is 11.4 Å². The second-order valence-corrected chi connectivity index (χ2v) is 5.55. The Morgan fingerprint density at radius 3 is 2.70 bits per heavy atom. The number of hydrogen-bond donors (Lipinski definition) is 0. The molecule has 3 rings (SSSR count). The highest BCUT2D eigenvalue weighted by Crippen LogP contribution is 2.33. The van der Waals surface area contributed by atoms with Crippen LogP contribution >= 0.6 is 0 Å². The largest absolute Gasteiger partial charge is 0.352 e. The molecule has 0 bridgehead atoms. The van der Waals surface area contributed by atoms with Gasteiger partial charge in [-0.05, 0) is 24.5 Å². The Morgan fingerprint density at radius 2 is 2.09 bits per heavy atom. The minimum absolute atomic E-state index is 0.0237. The van der Waals surface area contributed by atoms with Gasteiger partial charge in [0.2, 0.25) is 0 Å². The van der Waals surface area contributed by atoms with Crippen molar-refractivity contribution < 1.29 is 4.92 Å². The lowest BCUT2D eigenvalue weighted by molar-refractivity contribution is -0.385. The van der Waals surface area contributed by atoms with Gasteiger partial charge in [0, 0.05) is 12.6 Å². The lowest BCUT2D eigenvalue weighted by atomic mass is 9.91. The summed E-state index contributed by atoms with van der Waals surface area (Å²) in [7, 11) is 0. The maximum Gasteiger partial charge on any atom is 0.287 e. The van der Waals surface area contributed by atoms with Gasteiger partial charge < -0.3 is 4.90 Å². The molecule has 0 saturated carbocycles. The molecule has 0 amide bonds. The van der Waals surface area contributed by atoms with E-state index in [1.54, 1.807) is 6.07 Å². The van der Waals surface area contributed by atoms with Crippen LogP contribution in [-0.4, -0.2) is 22.5 Å². The van der Waals surface area contributed by atoms with Gasteiger partial charge in [-0.1, -0.05) is 30.3 Å². The molecule has 0 radical (unpaired) electrons. The molecule has 1 fully saturated rings. The van der Waals surface area contributed by atoms with E-state index in [1.165, 1.54) is 12.3 Å². The first-order valence-electron chi connectivity index (χ1n) is 7.52. The van der Waals surface area contributed by atoms with Gasteiger partial charge in [-0.2, -0.15) is 5.26 Å². The lowest BCUT2D eigenvalue weighted by Crippen LogP contribution is -2.34. The van der Waals surface area contributed by atoms with Crippen LogP contribution in [0.3, 0.4) is 0 Å².